The molecule has 102 valence electrons. The van der Waals surface area contributed by atoms with Gasteiger partial charge in [0.05, 0.1) is 0 Å². The molecule has 0 bridgehead atoms. The molecule has 0 spiro atoms. The maximum atomic E-state index is 3.53. The monoisotopic (exact) mass is 401 g/mol. The quantitative estimate of drug-likeness (QED) is 0.699. The molecule has 0 aliphatic heterocycles. The third-order valence-corrected chi connectivity index (χ3v) is 5.30. The maximum absolute atomic E-state index is 3.53. The van der Waals surface area contributed by atoms with Crippen LogP contribution in [0.5, 0.6) is 0 Å². The van der Waals surface area contributed by atoms with Crippen molar-refractivity contribution >= 4 is 43.2 Å². The molecular weight excluding hydrogens is 386 g/mol. The lowest BCUT2D eigenvalue weighted by molar-refractivity contribution is 0.598. The Kier molecular flexibility index (Phi) is 6.07. The Labute approximate surface area is 135 Å². The number of halogens is 2. The molecule has 2 aromatic rings. The van der Waals surface area contributed by atoms with Gasteiger partial charge in [0, 0.05) is 31.7 Å². The van der Waals surface area contributed by atoms with Crippen LogP contribution >= 0.6 is 43.2 Å². The largest absolute Gasteiger partial charge is 0.316 e. The number of nitrogens with one attached hydrogen (secondary N) is 1. The van der Waals surface area contributed by atoms with E-state index >= 15 is 0 Å². The van der Waals surface area contributed by atoms with E-state index < -0.39 is 0 Å². The Morgan fingerprint density at radius 3 is 2.47 bits per heavy atom. The van der Waals surface area contributed by atoms with E-state index in [1.165, 1.54) is 14.9 Å². The molecule has 1 nitrogen and oxygen atoms in total. The minimum atomic E-state index is 0.526. The molecule has 1 aromatic carbocycles. The van der Waals surface area contributed by atoms with Crippen LogP contribution in [-0.2, 0) is 6.42 Å². The zero-order valence-electron chi connectivity index (χ0n) is 10.8. The van der Waals surface area contributed by atoms with Crippen LogP contribution in [0.4, 0.5) is 0 Å². The lowest BCUT2D eigenvalue weighted by atomic mass is 9.95. The van der Waals surface area contributed by atoms with E-state index in [1.807, 2.05) is 11.3 Å². The van der Waals surface area contributed by atoms with Crippen LogP contribution < -0.4 is 5.32 Å². The molecule has 1 unspecified atom stereocenters. The second-order valence-corrected chi connectivity index (χ2v) is 7.32. The smallest absolute Gasteiger partial charge is 0.0285 e. The van der Waals surface area contributed by atoms with Crippen molar-refractivity contribution in [3.8, 4) is 0 Å². The van der Waals surface area contributed by atoms with Crippen LogP contribution in [0.15, 0.2) is 44.7 Å². The Morgan fingerprint density at radius 2 is 1.89 bits per heavy atom. The van der Waals surface area contributed by atoms with Gasteiger partial charge in [-0.2, -0.15) is 0 Å². The van der Waals surface area contributed by atoms with Gasteiger partial charge in [0.15, 0.2) is 0 Å². The molecule has 0 saturated heterocycles. The molecule has 2 rings (SSSR count). The molecule has 0 fully saturated rings. The highest BCUT2D eigenvalue weighted by molar-refractivity contribution is 9.10. The van der Waals surface area contributed by atoms with Crippen LogP contribution in [0.2, 0.25) is 0 Å². The molecule has 1 aromatic heterocycles. The first kappa shape index (κ1) is 15.2. The molecule has 0 amide bonds. The van der Waals surface area contributed by atoms with Gasteiger partial charge in [-0.15, -0.1) is 11.3 Å². The number of rotatable bonds is 6. The summed E-state index contributed by atoms with van der Waals surface area (Å²) in [4.78, 5) is 1.43. The van der Waals surface area contributed by atoms with Crippen molar-refractivity contribution in [2.75, 3.05) is 13.1 Å². The van der Waals surface area contributed by atoms with E-state index in [0.717, 1.165) is 24.0 Å². The molecule has 1 N–H and O–H groups in total. The van der Waals surface area contributed by atoms with Crippen LogP contribution in [0.1, 0.15) is 23.3 Å². The maximum Gasteiger partial charge on any atom is 0.0285 e. The predicted molar refractivity (Wildman–Crippen MR) is 91.1 cm³/mol. The van der Waals surface area contributed by atoms with Gasteiger partial charge in [-0.1, -0.05) is 35.0 Å². The average Bonchev–Trinajstić information content (AvgIpc) is 2.81. The first-order valence-electron chi connectivity index (χ1n) is 6.38. The van der Waals surface area contributed by atoms with E-state index in [4.69, 9.17) is 0 Å². The standard InChI is InChI=1S/C15H17Br2NS/c1-2-18-9-12(7-15-8-14(17)10-19-15)11-3-5-13(16)6-4-11/h3-6,8,10,12,18H,2,7,9H2,1H3. The van der Waals surface area contributed by atoms with Crippen LogP contribution in [-0.4, -0.2) is 13.1 Å². The first-order chi connectivity index (χ1) is 9.19. The Morgan fingerprint density at radius 1 is 1.16 bits per heavy atom. The van der Waals surface area contributed by atoms with Crippen molar-refractivity contribution in [2.24, 2.45) is 0 Å². The summed E-state index contributed by atoms with van der Waals surface area (Å²) in [5.74, 6) is 0.526. The molecule has 4 heteroatoms. The Hall–Kier alpha value is -0.160. The second kappa shape index (κ2) is 7.58. The minimum Gasteiger partial charge on any atom is -0.316 e. The van der Waals surface area contributed by atoms with E-state index in [1.54, 1.807) is 0 Å². The number of benzene rings is 1. The van der Waals surface area contributed by atoms with Crippen LogP contribution in [0.3, 0.4) is 0 Å². The summed E-state index contributed by atoms with van der Waals surface area (Å²) in [5.41, 5.74) is 1.40. The highest BCUT2D eigenvalue weighted by atomic mass is 79.9. The molecule has 1 atom stereocenters. The lowest BCUT2D eigenvalue weighted by Crippen LogP contribution is -2.22. The van der Waals surface area contributed by atoms with Crippen molar-refractivity contribution < 1.29 is 0 Å². The average molecular weight is 403 g/mol. The SMILES string of the molecule is CCNCC(Cc1cc(Br)cs1)c1ccc(Br)cc1. The van der Waals surface area contributed by atoms with Crippen molar-refractivity contribution in [3.05, 3.63) is 55.1 Å². The summed E-state index contributed by atoms with van der Waals surface area (Å²) in [6.45, 7) is 4.19. The Bertz CT molecular complexity index is 507. The molecule has 1 heterocycles. The third-order valence-electron chi connectivity index (χ3n) is 3.05. The lowest BCUT2D eigenvalue weighted by Gasteiger charge is -2.17. The van der Waals surface area contributed by atoms with Gasteiger partial charge in [-0.25, -0.2) is 0 Å². The summed E-state index contributed by atoms with van der Waals surface area (Å²) in [6, 6.07) is 10.9. The molecule has 19 heavy (non-hydrogen) atoms. The molecular formula is C15H17Br2NS. The van der Waals surface area contributed by atoms with Gasteiger partial charge in [-0.3, -0.25) is 0 Å². The number of hydrogen-bond acceptors (Lipinski definition) is 2. The number of hydrogen-bond donors (Lipinski definition) is 1. The van der Waals surface area contributed by atoms with Gasteiger partial charge in [0.25, 0.3) is 0 Å². The zero-order chi connectivity index (χ0) is 13.7. The molecule has 0 saturated carbocycles. The van der Waals surface area contributed by atoms with Crippen molar-refractivity contribution in [3.63, 3.8) is 0 Å². The van der Waals surface area contributed by atoms with Gasteiger partial charge in [-0.05, 0) is 52.7 Å². The molecule has 0 radical (unpaired) electrons. The fraction of sp³-hybridized carbons (Fsp3) is 0.333. The van der Waals surface area contributed by atoms with Gasteiger partial charge in [0.2, 0.25) is 0 Å². The topological polar surface area (TPSA) is 12.0 Å². The van der Waals surface area contributed by atoms with Crippen molar-refractivity contribution in [1.29, 1.82) is 0 Å². The molecule has 0 aliphatic rings. The Balaban J connectivity index is 2.13. The second-order valence-electron chi connectivity index (χ2n) is 4.49. The van der Waals surface area contributed by atoms with Crippen molar-refractivity contribution in [1.82, 2.24) is 5.32 Å². The zero-order valence-corrected chi connectivity index (χ0v) is 14.8. The summed E-state index contributed by atoms with van der Waals surface area (Å²) in [6.07, 6.45) is 1.09. The molecule has 0 aliphatic carbocycles. The fourth-order valence-electron chi connectivity index (χ4n) is 2.07. The number of likely N-dealkylation sites (N-methyl/N-ethyl adjacent to an activating group) is 1. The van der Waals surface area contributed by atoms with E-state index in [-0.39, 0.29) is 0 Å². The summed E-state index contributed by atoms with van der Waals surface area (Å²) in [5, 5.41) is 5.62. The van der Waals surface area contributed by atoms with Crippen molar-refractivity contribution in [2.45, 2.75) is 19.3 Å². The number of thiophene rings is 1. The van der Waals surface area contributed by atoms with E-state index in [2.05, 4.69) is 79.8 Å². The summed E-state index contributed by atoms with van der Waals surface area (Å²) in [7, 11) is 0. The normalized spacial score (nSPS) is 12.6. The van der Waals surface area contributed by atoms with Gasteiger partial charge < -0.3 is 5.32 Å². The minimum absolute atomic E-state index is 0.526. The fourth-order valence-corrected chi connectivity index (χ4v) is 3.86. The summed E-state index contributed by atoms with van der Waals surface area (Å²) < 4.78 is 2.32. The highest BCUT2D eigenvalue weighted by Crippen LogP contribution is 2.27. The van der Waals surface area contributed by atoms with Crippen LogP contribution in [0, 0.1) is 0 Å². The van der Waals surface area contributed by atoms with Crippen LogP contribution in [0.25, 0.3) is 0 Å². The van der Waals surface area contributed by atoms with E-state index in [9.17, 15) is 0 Å². The first-order valence-corrected chi connectivity index (χ1v) is 8.84. The highest BCUT2D eigenvalue weighted by Gasteiger charge is 2.13. The van der Waals surface area contributed by atoms with Gasteiger partial charge in [0.1, 0.15) is 0 Å². The van der Waals surface area contributed by atoms with E-state index in [0.29, 0.717) is 5.92 Å². The predicted octanol–water partition coefficient (Wildman–Crippen LogP) is 5.21. The van der Waals surface area contributed by atoms with Gasteiger partial charge >= 0.3 is 0 Å². The third kappa shape index (κ3) is 4.71. The summed E-state index contributed by atoms with van der Waals surface area (Å²) >= 11 is 8.85.